The molecule has 2 saturated heterocycles. The lowest BCUT2D eigenvalue weighted by Crippen LogP contribution is -2.60. The Morgan fingerprint density at radius 2 is 1.66 bits per heavy atom. The Labute approximate surface area is 446 Å². The van der Waals surface area contributed by atoms with Crippen molar-refractivity contribution in [2.45, 2.75) is 132 Å². The number of aliphatic hydroxyl groups is 1. The van der Waals surface area contributed by atoms with E-state index in [0.29, 0.717) is 60.7 Å². The molecule has 2 aromatic heterocycles. The number of sulfonamides is 1. The normalized spacial score (nSPS) is 24.4. The number of benzene rings is 4. The number of ether oxygens (including phenoxy) is 1. The number of nitro groups is 1. The predicted octanol–water partition coefficient (Wildman–Crippen LogP) is 11.3. The van der Waals surface area contributed by atoms with Gasteiger partial charge < -0.3 is 25.0 Å². The van der Waals surface area contributed by atoms with Gasteiger partial charge in [-0.25, -0.2) is 18.1 Å². The van der Waals surface area contributed by atoms with Crippen LogP contribution in [-0.4, -0.2) is 101 Å². The van der Waals surface area contributed by atoms with E-state index in [4.69, 9.17) is 4.74 Å². The number of hydrogen-bond acceptors (Lipinski definition) is 12. The van der Waals surface area contributed by atoms with Crippen molar-refractivity contribution in [3.8, 4) is 11.5 Å². The standard InChI is InChI=1S/C60H72N8O7S/c1-40(2)50-11-7-8-12-51(50)55-39-66(45-14-13-43(31-45)42-9-5-4-6-10-42)29-30-67(55)47-35-60(36-47)24-27-65(28-25-60)46-15-17-52(56(33-46)75-48-32-44-21-26-61-57(44)63-38-48)58(69)64-76(73,74)49-16-18-53(54(34-49)68(71)72)62-37-41-19-22-59(3,70)23-20-41/h4-12,15-18,21,26,32-34,38,40-41,43,45,47,55,62,70H,13-14,19-20,22-25,27-31,35-37,39H2,1-3H3,(H,61,63)(H,64,69). The lowest BCUT2D eigenvalue weighted by atomic mass is 9.59. The van der Waals surface area contributed by atoms with Crippen LogP contribution in [0.1, 0.15) is 136 Å². The van der Waals surface area contributed by atoms with Crippen LogP contribution < -0.4 is 19.7 Å². The molecule has 5 fully saturated rings. The molecule has 4 N–H and O–H groups in total. The number of nitro benzene ring substituents is 1. The number of rotatable bonds is 15. The van der Waals surface area contributed by atoms with Crippen LogP contribution in [0.4, 0.5) is 17.1 Å². The minimum absolute atomic E-state index is 0.0197. The van der Waals surface area contributed by atoms with E-state index in [2.05, 4.69) is 103 Å². The van der Waals surface area contributed by atoms with Crippen molar-refractivity contribution in [1.29, 1.82) is 0 Å². The van der Waals surface area contributed by atoms with Gasteiger partial charge in [0.05, 0.1) is 27.2 Å². The van der Waals surface area contributed by atoms with Crippen molar-refractivity contribution in [3.63, 3.8) is 0 Å². The fraction of sp³-hybridized carbons (Fsp3) is 0.467. The number of H-pyrrole nitrogens is 1. The first kappa shape index (κ1) is 51.8. The third-order valence-corrected chi connectivity index (χ3v) is 19.2. The number of anilines is 2. The van der Waals surface area contributed by atoms with Gasteiger partial charge in [0.2, 0.25) is 0 Å². The minimum atomic E-state index is -4.58. The highest BCUT2D eigenvalue weighted by atomic mass is 32.2. The zero-order valence-corrected chi connectivity index (χ0v) is 44.8. The van der Waals surface area contributed by atoms with Gasteiger partial charge in [0.15, 0.2) is 0 Å². The fourth-order valence-electron chi connectivity index (χ4n) is 13.4. The molecule has 3 saturated carbocycles. The summed E-state index contributed by atoms with van der Waals surface area (Å²) in [5.41, 5.74) is 5.22. The number of carbonyl (C=O) groups excluding carboxylic acids is 1. The summed E-state index contributed by atoms with van der Waals surface area (Å²) >= 11 is 0. The van der Waals surface area contributed by atoms with E-state index in [1.54, 1.807) is 30.6 Å². The van der Waals surface area contributed by atoms with Crippen LogP contribution in [0.5, 0.6) is 11.5 Å². The van der Waals surface area contributed by atoms with E-state index >= 15 is 0 Å². The second kappa shape index (κ2) is 21.2. The zero-order chi connectivity index (χ0) is 52.8. The molecule has 5 aliphatic rings. The first-order chi connectivity index (χ1) is 36.6. The lowest BCUT2D eigenvalue weighted by Gasteiger charge is -2.58. The SMILES string of the molecule is CC(C)c1ccccc1C1CN(C2CCC(c3ccccc3)C2)CCN1C1CC2(CCN(c3ccc(C(=O)NS(=O)(=O)c4ccc(NCC5CCC(C)(O)CC5)c([N+](=O)[O-])c4)c(Oc4cnc5[nH]ccc5c4)c3)CC2)C1. The Bertz CT molecular complexity index is 3170. The van der Waals surface area contributed by atoms with Crippen LogP contribution in [0.2, 0.25) is 0 Å². The van der Waals surface area contributed by atoms with Gasteiger partial charge in [-0.2, -0.15) is 0 Å². The second-order valence-electron chi connectivity index (χ2n) is 23.2. The molecule has 15 nitrogen and oxygen atoms in total. The van der Waals surface area contributed by atoms with E-state index in [1.807, 2.05) is 19.1 Å². The van der Waals surface area contributed by atoms with Crippen LogP contribution in [0.15, 0.2) is 120 Å². The van der Waals surface area contributed by atoms with E-state index in [1.165, 1.54) is 60.9 Å². The number of nitrogens with zero attached hydrogens (tertiary/aromatic N) is 5. The Hall–Kier alpha value is -6.33. The molecule has 1 amide bonds. The van der Waals surface area contributed by atoms with Crippen molar-refractivity contribution >= 4 is 44.0 Å². The van der Waals surface area contributed by atoms with Gasteiger partial charge in [0, 0.05) is 86.8 Å². The average molecular weight is 1050 g/mol. The number of piperidine rings is 1. The summed E-state index contributed by atoms with van der Waals surface area (Å²) in [5, 5.41) is 26.5. The van der Waals surface area contributed by atoms with E-state index < -0.39 is 37.0 Å². The topological polar surface area (TPSA) is 186 Å². The number of pyridine rings is 1. The molecule has 400 valence electrons. The summed E-state index contributed by atoms with van der Waals surface area (Å²) in [6.45, 7) is 11.8. The molecule has 3 aliphatic carbocycles. The maximum atomic E-state index is 14.1. The second-order valence-corrected chi connectivity index (χ2v) is 24.9. The quantitative estimate of drug-likeness (QED) is 0.0564. The summed E-state index contributed by atoms with van der Waals surface area (Å²) in [5.74, 6) is 0.854. The summed E-state index contributed by atoms with van der Waals surface area (Å²) < 4.78 is 36.3. The molecular weight excluding hydrogens is 977 g/mol. The fourth-order valence-corrected chi connectivity index (χ4v) is 14.4. The third kappa shape index (κ3) is 11.0. The molecule has 4 aromatic carbocycles. The van der Waals surface area contributed by atoms with Crippen LogP contribution in [-0.2, 0) is 10.0 Å². The van der Waals surface area contributed by atoms with Gasteiger partial charge in [-0.05, 0) is 154 Å². The average Bonchev–Trinajstić information content (AvgIpc) is 4.12. The maximum absolute atomic E-state index is 14.1. The van der Waals surface area contributed by atoms with Crippen molar-refractivity contribution in [3.05, 3.63) is 148 Å². The summed E-state index contributed by atoms with van der Waals surface area (Å²) in [7, 11) is -4.58. The largest absolute Gasteiger partial charge is 0.455 e. The number of piperazine rings is 1. The number of hydrogen-bond donors (Lipinski definition) is 4. The monoisotopic (exact) mass is 1050 g/mol. The predicted molar refractivity (Wildman–Crippen MR) is 297 cm³/mol. The summed E-state index contributed by atoms with van der Waals surface area (Å²) in [6.07, 6.45) is 14.3. The molecule has 76 heavy (non-hydrogen) atoms. The Kier molecular flexibility index (Phi) is 14.5. The third-order valence-electron chi connectivity index (χ3n) is 17.9. The molecular formula is C60H72N8O7S. The maximum Gasteiger partial charge on any atom is 0.293 e. The molecule has 6 aromatic rings. The van der Waals surface area contributed by atoms with Crippen LogP contribution in [0.25, 0.3) is 11.0 Å². The highest BCUT2D eigenvalue weighted by molar-refractivity contribution is 7.90. The number of amides is 1. The van der Waals surface area contributed by atoms with E-state index in [9.17, 15) is 28.4 Å². The molecule has 0 bridgehead atoms. The Morgan fingerprint density at radius 1 is 0.895 bits per heavy atom. The Morgan fingerprint density at radius 3 is 2.42 bits per heavy atom. The summed E-state index contributed by atoms with van der Waals surface area (Å²) in [6, 6.07) is 34.2. The Balaban J connectivity index is 0.775. The van der Waals surface area contributed by atoms with Crippen LogP contribution in [0.3, 0.4) is 0 Å². The molecule has 0 radical (unpaired) electrons. The molecule has 16 heteroatoms. The minimum Gasteiger partial charge on any atom is -0.455 e. The highest BCUT2D eigenvalue weighted by Crippen LogP contribution is 2.54. The van der Waals surface area contributed by atoms with Crippen molar-refractivity contribution in [2.24, 2.45) is 11.3 Å². The van der Waals surface area contributed by atoms with Gasteiger partial charge in [0.1, 0.15) is 22.8 Å². The van der Waals surface area contributed by atoms with Gasteiger partial charge in [-0.1, -0.05) is 68.4 Å². The van der Waals surface area contributed by atoms with Crippen molar-refractivity contribution in [2.75, 3.05) is 49.5 Å². The smallest absolute Gasteiger partial charge is 0.293 e. The van der Waals surface area contributed by atoms with Crippen LogP contribution in [0, 0.1) is 21.4 Å². The molecule has 2 aliphatic heterocycles. The van der Waals surface area contributed by atoms with E-state index in [-0.39, 0.29) is 28.3 Å². The highest BCUT2D eigenvalue weighted by Gasteiger charge is 2.50. The van der Waals surface area contributed by atoms with Crippen molar-refractivity contribution in [1.82, 2.24) is 24.5 Å². The molecule has 4 heterocycles. The summed E-state index contributed by atoms with van der Waals surface area (Å²) in [4.78, 5) is 40.9. The van der Waals surface area contributed by atoms with Gasteiger partial charge in [0.25, 0.3) is 21.6 Å². The number of aromatic nitrogens is 2. The molecule has 11 rings (SSSR count). The van der Waals surface area contributed by atoms with E-state index in [0.717, 1.165) is 75.5 Å². The van der Waals surface area contributed by atoms with Crippen molar-refractivity contribution < 1.29 is 28.0 Å². The van der Waals surface area contributed by atoms with Crippen LogP contribution >= 0.6 is 0 Å². The molecule has 3 atom stereocenters. The number of fused-ring (bicyclic) bond motifs is 1. The van der Waals surface area contributed by atoms with Gasteiger partial charge in [-0.3, -0.25) is 24.7 Å². The first-order valence-corrected chi connectivity index (χ1v) is 29.0. The van der Waals surface area contributed by atoms with Gasteiger partial charge in [-0.15, -0.1) is 0 Å². The number of carbonyl (C=O) groups is 1. The zero-order valence-electron chi connectivity index (χ0n) is 44.0. The number of nitrogens with one attached hydrogen (secondary N) is 3. The lowest BCUT2D eigenvalue weighted by molar-refractivity contribution is -0.384. The van der Waals surface area contributed by atoms with Gasteiger partial charge >= 0.3 is 0 Å². The molecule has 1 spiro atoms. The first-order valence-electron chi connectivity index (χ1n) is 27.5. The molecule has 3 unspecified atom stereocenters. The number of aromatic amines is 1.